The number of anilines is 1. The maximum absolute atomic E-state index is 13.3. The lowest BCUT2D eigenvalue weighted by molar-refractivity contribution is -0.120. The highest BCUT2D eigenvalue weighted by Crippen LogP contribution is 2.31. The number of nitrogens with zero attached hydrogens (tertiary/aromatic N) is 4. The highest BCUT2D eigenvalue weighted by Gasteiger charge is 2.33. The molecule has 2 aromatic carbocycles. The summed E-state index contributed by atoms with van der Waals surface area (Å²) in [5.74, 6) is -0.200. The molecule has 2 aromatic heterocycles. The monoisotopic (exact) mass is 543 g/mol. The Morgan fingerprint density at radius 1 is 1.14 bits per heavy atom. The van der Waals surface area contributed by atoms with Gasteiger partial charge in [-0.3, -0.25) is 4.79 Å². The van der Waals surface area contributed by atoms with Crippen molar-refractivity contribution < 1.29 is 13.2 Å². The Morgan fingerprint density at radius 3 is 2.64 bits per heavy atom. The summed E-state index contributed by atoms with van der Waals surface area (Å²) in [6.07, 6.45) is 1.20. The second-order valence-corrected chi connectivity index (χ2v) is 12.5. The summed E-state index contributed by atoms with van der Waals surface area (Å²) in [4.78, 5) is 18.2. The maximum atomic E-state index is 13.3. The Labute approximate surface area is 219 Å². The molecule has 1 N–H and O–H groups in total. The van der Waals surface area contributed by atoms with Crippen molar-refractivity contribution in [2.75, 3.05) is 18.4 Å². The van der Waals surface area contributed by atoms with E-state index in [2.05, 4.69) is 29.5 Å². The van der Waals surface area contributed by atoms with E-state index in [1.807, 2.05) is 13.8 Å². The van der Waals surface area contributed by atoms with Crippen molar-refractivity contribution in [2.24, 2.45) is 5.92 Å². The van der Waals surface area contributed by atoms with Gasteiger partial charge in [-0.25, -0.2) is 13.4 Å². The van der Waals surface area contributed by atoms with E-state index in [1.165, 1.54) is 27.8 Å². The zero-order valence-corrected chi connectivity index (χ0v) is 22.5. The lowest BCUT2D eigenvalue weighted by atomic mass is 9.99. The third-order valence-corrected chi connectivity index (χ3v) is 9.40. The third-order valence-electron chi connectivity index (χ3n) is 6.29. The zero-order chi connectivity index (χ0) is 25.6. The topological polar surface area (TPSA) is 97.2 Å². The number of hydrogen-bond acceptors (Lipinski definition) is 6. The van der Waals surface area contributed by atoms with Gasteiger partial charge in [0.15, 0.2) is 0 Å². The molecule has 5 rings (SSSR count). The Bertz CT molecular complexity index is 1560. The van der Waals surface area contributed by atoms with Crippen molar-refractivity contribution in [1.29, 1.82) is 0 Å². The quantitative estimate of drug-likeness (QED) is 0.378. The van der Waals surface area contributed by atoms with E-state index in [9.17, 15) is 13.2 Å². The number of hydrogen-bond donors (Lipinski definition) is 1. The summed E-state index contributed by atoms with van der Waals surface area (Å²) in [7, 11) is -3.72. The second-order valence-electron chi connectivity index (χ2n) is 9.15. The molecular weight excluding hydrogens is 518 g/mol. The molecule has 1 amide bonds. The summed E-state index contributed by atoms with van der Waals surface area (Å²) in [6, 6.07) is 12.1. The lowest BCUT2D eigenvalue weighted by Gasteiger charge is -2.31. The van der Waals surface area contributed by atoms with Crippen LogP contribution in [0.1, 0.15) is 29.7 Å². The van der Waals surface area contributed by atoms with Crippen LogP contribution in [0.4, 0.5) is 5.82 Å². The summed E-state index contributed by atoms with van der Waals surface area (Å²) < 4.78 is 30.4. The molecule has 1 aliphatic rings. The number of rotatable bonds is 5. The van der Waals surface area contributed by atoms with Crippen LogP contribution in [-0.4, -0.2) is 46.5 Å². The third kappa shape index (κ3) is 4.78. The van der Waals surface area contributed by atoms with Crippen molar-refractivity contribution in [3.8, 4) is 5.13 Å². The van der Waals surface area contributed by atoms with Crippen LogP contribution in [0.25, 0.3) is 15.3 Å². The predicted octanol–water partition coefficient (Wildman–Crippen LogP) is 5.10. The highest BCUT2D eigenvalue weighted by molar-refractivity contribution is 7.89. The van der Waals surface area contributed by atoms with E-state index < -0.39 is 15.9 Å². The van der Waals surface area contributed by atoms with Crippen molar-refractivity contribution in [3.05, 3.63) is 64.3 Å². The van der Waals surface area contributed by atoms with Crippen LogP contribution in [0.15, 0.2) is 47.4 Å². The maximum Gasteiger partial charge on any atom is 0.243 e. The fourth-order valence-corrected chi connectivity index (χ4v) is 7.30. The molecule has 1 atom stereocenters. The number of piperidine rings is 1. The van der Waals surface area contributed by atoms with E-state index in [4.69, 9.17) is 16.6 Å². The first-order chi connectivity index (χ1) is 17.1. The SMILES string of the molecule is Cc1cc(C)c2nc(-n3nc(C)cc3NC(=O)C3CCCN(S(=O)(=O)c4ccc(Cl)cc4)C3)sc2c1. The van der Waals surface area contributed by atoms with E-state index >= 15 is 0 Å². The molecule has 1 unspecified atom stereocenters. The lowest BCUT2D eigenvalue weighted by Crippen LogP contribution is -2.43. The van der Waals surface area contributed by atoms with Gasteiger partial charge in [-0.15, -0.1) is 0 Å². The minimum Gasteiger partial charge on any atom is -0.310 e. The molecule has 36 heavy (non-hydrogen) atoms. The number of benzene rings is 2. The average molecular weight is 544 g/mol. The molecule has 0 spiro atoms. The Hall–Kier alpha value is -2.79. The Morgan fingerprint density at radius 2 is 1.89 bits per heavy atom. The van der Waals surface area contributed by atoms with E-state index in [-0.39, 0.29) is 17.3 Å². The number of nitrogens with one attached hydrogen (secondary N) is 1. The van der Waals surface area contributed by atoms with Crippen LogP contribution >= 0.6 is 22.9 Å². The Kier molecular flexibility index (Phi) is 6.63. The molecule has 0 aliphatic carbocycles. The van der Waals surface area contributed by atoms with Gasteiger partial charge < -0.3 is 5.32 Å². The number of amides is 1. The van der Waals surface area contributed by atoms with Crippen molar-refractivity contribution in [1.82, 2.24) is 19.1 Å². The van der Waals surface area contributed by atoms with Crippen LogP contribution in [-0.2, 0) is 14.8 Å². The number of carbonyl (C=O) groups is 1. The standard InChI is InChI=1S/C25H26ClN5O3S2/c1-15-11-16(2)23-21(12-15)35-25(28-23)31-22(13-17(3)29-31)27-24(32)18-5-4-10-30(14-18)36(33,34)20-8-6-19(26)7-9-20/h6-9,11-13,18H,4-5,10,14H2,1-3H3,(H,27,32). The summed E-state index contributed by atoms with van der Waals surface area (Å²) in [5, 5.41) is 8.67. The van der Waals surface area contributed by atoms with Gasteiger partial charge in [0.2, 0.25) is 21.1 Å². The van der Waals surface area contributed by atoms with Gasteiger partial charge in [-0.05, 0) is 75.1 Å². The molecule has 11 heteroatoms. The molecule has 8 nitrogen and oxygen atoms in total. The molecule has 3 heterocycles. The first kappa shape index (κ1) is 24.9. The number of sulfonamides is 1. The fraction of sp³-hybridized carbons (Fsp3) is 0.320. The number of thiazole rings is 1. The molecule has 188 valence electrons. The van der Waals surface area contributed by atoms with Crippen LogP contribution in [0.2, 0.25) is 5.02 Å². The van der Waals surface area contributed by atoms with Crippen LogP contribution in [0.5, 0.6) is 0 Å². The first-order valence-corrected chi connectivity index (χ1v) is 14.3. The second kappa shape index (κ2) is 9.59. The van der Waals surface area contributed by atoms with Gasteiger partial charge in [0.05, 0.1) is 26.7 Å². The van der Waals surface area contributed by atoms with Crippen LogP contribution in [0.3, 0.4) is 0 Å². The predicted molar refractivity (Wildman–Crippen MR) is 143 cm³/mol. The normalized spacial score (nSPS) is 16.9. The summed E-state index contributed by atoms with van der Waals surface area (Å²) in [5.41, 5.74) is 3.91. The minimum absolute atomic E-state index is 0.115. The van der Waals surface area contributed by atoms with Gasteiger partial charge in [-0.1, -0.05) is 29.0 Å². The largest absolute Gasteiger partial charge is 0.310 e. The molecular formula is C25H26ClN5O3S2. The van der Waals surface area contributed by atoms with Gasteiger partial charge >= 0.3 is 0 Å². The molecule has 1 fully saturated rings. The zero-order valence-electron chi connectivity index (χ0n) is 20.2. The smallest absolute Gasteiger partial charge is 0.243 e. The number of halogens is 1. The van der Waals surface area contributed by atoms with E-state index in [0.717, 1.165) is 27.0 Å². The number of aryl methyl sites for hydroxylation is 3. The first-order valence-electron chi connectivity index (χ1n) is 11.6. The summed E-state index contributed by atoms with van der Waals surface area (Å²) >= 11 is 7.43. The fourth-order valence-electron chi connectivity index (χ4n) is 4.54. The van der Waals surface area contributed by atoms with Crippen molar-refractivity contribution in [3.63, 3.8) is 0 Å². The minimum atomic E-state index is -3.72. The van der Waals surface area contributed by atoms with Crippen LogP contribution in [0, 0.1) is 26.7 Å². The number of aromatic nitrogens is 3. The Balaban J connectivity index is 1.37. The molecule has 0 saturated carbocycles. The van der Waals surface area contributed by atoms with Crippen LogP contribution < -0.4 is 5.32 Å². The number of carbonyl (C=O) groups excluding carboxylic acids is 1. The molecule has 4 aromatic rings. The average Bonchev–Trinajstić information content (AvgIpc) is 3.42. The number of fused-ring (bicyclic) bond motifs is 1. The van der Waals surface area contributed by atoms with Gasteiger partial charge in [0.1, 0.15) is 5.82 Å². The van der Waals surface area contributed by atoms with E-state index in [0.29, 0.717) is 35.4 Å². The van der Waals surface area contributed by atoms with Gasteiger partial charge in [0, 0.05) is 24.2 Å². The van der Waals surface area contributed by atoms with Crippen molar-refractivity contribution in [2.45, 2.75) is 38.5 Å². The molecule has 0 bridgehead atoms. The highest BCUT2D eigenvalue weighted by atomic mass is 35.5. The molecule has 0 radical (unpaired) electrons. The summed E-state index contributed by atoms with van der Waals surface area (Å²) in [6.45, 7) is 6.43. The van der Waals surface area contributed by atoms with Crippen molar-refractivity contribution >= 4 is 54.9 Å². The molecule has 1 aliphatic heterocycles. The van der Waals surface area contributed by atoms with Gasteiger partial charge in [-0.2, -0.15) is 14.1 Å². The van der Waals surface area contributed by atoms with E-state index in [1.54, 1.807) is 22.9 Å². The molecule has 1 saturated heterocycles. The van der Waals surface area contributed by atoms with Gasteiger partial charge in [0.25, 0.3) is 0 Å².